The lowest BCUT2D eigenvalue weighted by Crippen LogP contribution is -2.48. The van der Waals surface area contributed by atoms with Gasteiger partial charge in [-0.05, 0) is 18.4 Å². The van der Waals surface area contributed by atoms with E-state index in [1.165, 1.54) is 4.90 Å². The molecule has 1 fully saturated rings. The summed E-state index contributed by atoms with van der Waals surface area (Å²) in [4.78, 5) is 23.6. The molecular formula is C13H16FN3O3. The van der Waals surface area contributed by atoms with Gasteiger partial charge in [0.2, 0.25) is 0 Å². The van der Waals surface area contributed by atoms with Crippen LogP contribution in [0.4, 0.5) is 10.1 Å². The molecule has 0 saturated carbocycles. The van der Waals surface area contributed by atoms with Gasteiger partial charge in [0.1, 0.15) is 5.82 Å². The van der Waals surface area contributed by atoms with Gasteiger partial charge >= 0.3 is 0 Å². The molecule has 0 radical (unpaired) electrons. The van der Waals surface area contributed by atoms with Crippen molar-refractivity contribution in [2.24, 2.45) is 11.7 Å². The van der Waals surface area contributed by atoms with E-state index in [1.807, 2.05) is 6.92 Å². The monoisotopic (exact) mass is 281 g/mol. The number of piperidine rings is 1. The molecule has 1 aromatic rings. The van der Waals surface area contributed by atoms with Gasteiger partial charge in [-0.1, -0.05) is 6.92 Å². The van der Waals surface area contributed by atoms with Gasteiger partial charge in [0.25, 0.3) is 11.6 Å². The molecular weight excluding hydrogens is 265 g/mol. The molecule has 7 heteroatoms. The van der Waals surface area contributed by atoms with E-state index >= 15 is 0 Å². The highest BCUT2D eigenvalue weighted by Gasteiger charge is 2.28. The lowest BCUT2D eigenvalue weighted by Gasteiger charge is -2.35. The molecule has 0 bridgehead atoms. The van der Waals surface area contributed by atoms with Gasteiger partial charge in [0.05, 0.1) is 16.6 Å². The summed E-state index contributed by atoms with van der Waals surface area (Å²) in [6.07, 6.45) is 0.668. The number of nitrogens with two attached hydrogens (primary N) is 1. The number of likely N-dealkylation sites (tertiary alicyclic amines) is 1. The van der Waals surface area contributed by atoms with E-state index in [0.717, 1.165) is 18.2 Å². The summed E-state index contributed by atoms with van der Waals surface area (Å²) < 4.78 is 13.8. The average Bonchev–Trinajstić information content (AvgIpc) is 2.41. The van der Waals surface area contributed by atoms with Gasteiger partial charge in [0, 0.05) is 25.2 Å². The van der Waals surface area contributed by atoms with E-state index in [9.17, 15) is 19.3 Å². The van der Waals surface area contributed by atoms with Crippen molar-refractivity contribution in [1.29, 1.82) is 0 Å². The van der Waals surface area contributed by atoms with Crippen LogP contribution in [0.5, 0.6) is 0 Å². The van der Waals surface area contributed by atoms with E-state index in [-0.39, 0.29) is 23.2 Å². The number of amides is 1. The number of nitrogens with zero attached hydrogens (tertiary/aromatic N) is 2. The first-order valence-corrected chi connectivity index (χ1v) is 6.39. The number of nitro benzene ring substituents is 1. The molecule has 1 heterocycles. The zero-order valence-corrected chi connectivity index (χ0v) is 11.1. The lowest BCUT2D eigenvalue weighted by atomic mass is 9.94. The van der Waals surface area contributed by atoms with Gasteiger partial charge in [-0.25, -0.2) is 4.39 Å². The second kappa shape index (κ2) is 5.54. The Morgan fingerprint density at radius 2 is 2.25 bits per heavy atom. The second-order valence-corrected chi connectivity index (χ2v) is 5.10. The minimum atomic E-state index is -0.869. The van der Waals surface area contributed by atoms with Crippen LogP contribution in [0.2, 0.25) is 0 Å². The van der Waals surface area contributed by atoms with Crippen LogP contribution in [0.25, 0.3) is 0 Å². The van der Waals surface area contributed by atoms with Crippen molar-refractivity contribution in [3.63, 3.8) is 0 Å². The zero-order chi connectivity index (χ0) is 14.9. The van der Waals surface area contributed by atoms with Crippen LogP contribution in [-0.4, -0.2) is 34.9 Å². The normalized spacial score (nSPS) is 22.6. The highest BCUT2D eigenvalue weighted by molar-refractivity contribution is 5.94. The quantitative estimate of drug-likeness (QED) is 0.657. The molecule has 20 heavy (non-hydrogen) atoms. The predicted octanol–water partition coefficient (Wildman–Crippen LogP) is 1.54. The van der Waals surface area contributed by atoms with Crippen LogP contribution in [0.3, 0.4) is 0 Å². The van der Waals surface area contributed by atoms with Crippen molar-refractivity contribution < 1.29 is 14.1 Å². The molecule has 108 valence electrons. The molecule has 6 nitrogen and oxygen atoms in total. The maximum Gasteiger partial charge on any atom is 0.272 e. The standard InChI is InChI=1S/C13H16FN3O3/c1-8-7-16(5-4-12(8)15)13(18)10-3-2-9(17(19)20)6-11(10)14/h2-3,6,8,12H,4-5,7,15H2,1H3. The molecule has 1 amide bonds. The van der Waals surface area contributed by atoms with Crippen LogP contribution in [-0.2, 0) is 0 Å². The molecule has 2 rings (SSSR count). The molecule has 1 aliphatic heterocycles. The maximum atomic E-state index is 13.8. The first-order valence-electron chi connectivity index (χ1n) is 6.39. The summed E-state index contributed by atoms with van der Waals surface area (Å²) in [6, 6.07) is 3.11. The zero-order valence-electron chi connectivity index (χ0n) is 11.1. The molecule has 1 aliphatic rings. The van der Waals surface area contributed by atoms with Gasteiger partial charge in [-0.15, -0.1) is 0 Å². The van der Waals surface area contributed by atoms with Crippen LogP contribution in [0.15, 0.2) is 18.2 Å². The first kappa shape index (κ1) is 14.4. The summed E-state index contributed by atoms with van der Waals surface area (Å²) in [6.45, 7) is 2.88. The van der Waals surface area contributed by atoms with Crippen LogP contribution in [0, 0.1) is 21.8 Å². The summed E-state index contributed by atoms with van der Waals surface area (Å²) in [5.74, 6) is -1.17. The van der Waals surface area contributed by atoms with Crippen molar-refractivity contribution in [3.8, 4) is 0 Å². The van der Waals surface area contributed by atoms with Gasteiger partial charge < -0.3 is 10.6 Å². The highest BCUT2D eigenvalue weighted by atomic mass is 19.1. The average molecular weight is 281 g/mol. The van der Waals surface area contributed by atoms with Crippen LogP contribution < -0.4 is 5.73 Å². The summed E-state index contributed by atoms with van der Waals surface area (Å²) in [5.41, 5.74) is 5.37. The molecule has 2 atom stereocenters. The molecule has 2 unspecified atom stereocenters. The van der Waals surface area contributed by atoms with Crippen LogP contribution in [0.1, 0.15) is 23.7 Å². The topological polar surface area (TPSA) is 89.5 Å². The van der Waals surface area contributed by atoms with Crippen molar-refractivity contribution >= 4 is 11.6 Å². The molecule has 1 saturated heterocycles. The van der Waals surface area contributed by atoms with Crippen LogP contribution >= 0.6 is 0 Å². The number of benzene rings is 1. The van der Waals surface area contributed by atoms with E-state index in [2.05, 4.69) is 0 Å². The van der Waals surface area contributed by atoms with E-state index in [1.54, 1.807) is 0 Å². The number of halogens is 1. The minimum Gasteiger partial charge on any atom is -0.338 e. The molecule has 0 aromatic heterocycles. The number of carbonyl (C=O) groups excluding carboxylic acids is 1. The number of hydrogen-bond acceptors (Lipinski definition) is 4. The molecule has 2 N–H and O–H groups in total. The number of rotatable bonds is 2. The predicted molar refractivity (Wildman–Crippen MR) is 70.7 cm³/mol. The number of hydrogen-bond donors (Lipinski definition) is 1. The van der Waals surface area contributed by atoms with Gasteiger partial charge in [-0.3, -0.25) is 14.9 Å². The Labute approximate surface area is 115 Å². The number of carbonyl (C=O) groups is 1. The van der Waals surface area contributed by atoms with Crippen molar-refractivity contribution in [2.45, 2.75) is 19.4 Å². The largest absolute Gasteiger partial charge is 0.338 e. The Hall–Kier alpha value is -2.02. The summed E-state index contributed by atoms with van der Waals surface area (Å²) in [7, 11) is 0. The van der Waals surface area contributed by atoms with E-state index in [0.29, 0.717) is 19.5 Å². The summed E-state index contributed by atoms with van der Waals surface area (Å²) in [5, 5.41) is 10.5. The smallest absolute Gasteiger partial charge is 0.272 e. The fourth-order valence-corrected chi connectivity index (χ4v) is 2.31. The Bertz CT molecular complexity index is 550. The van der Waals surface area contributed by atoms with E-state index < -0.39 is 16.6 Å². The fourth-order valence-electron chi connectivity index (χ4n) is 2.31. The number of non-ortho nitro benzene ring substituents is 1. The molecule has 0 spiro atoms. The Balaban J connectivity index is 2.19. The second-order valence-electron chi connectivity index (χ2n) is 5.10. The Kier molecular flexibility index (Phi) is 3.99. The molecule has 1 aromatic carbocycles. The third kappa shape index (κ3) is 2.77. The van der Waals surface area contributed by atoms with Gasteiger partial charge in [-0.2, -0.15) is 0 Å². The fraction of sp³-hybridized carbons (Fsp3) is 0.462. The van der Waals surface area contributed by atoms with Crippen molar-refractivity contribution in [1.82, 2.24) is 4.90 Å². The van der Waals surface area contributed by atoms with Crippen molar-refractivity contribution in [3.05, 3.63) is 39.7 Å². The number of nitro groups is 1. The van der Waals surface area contributed by atoms with Gasteiger partial charge in [0.15, 0.2) is 0 Å². The van der Waals surface area contributed by atoms with Crippen molar-refractivity contribution in [2.75, 3.05) is 13.1 Å². The maximum absolute atomic E-state index is 13.8. The third-order valence-electron chi connectivity index (χ3n) is 3.65. The molecule has 0 aliphatic carbocycles. The highest BCUT2D eigenvalue weighted by Crippen LogP contribution is 2.21. The summed E-state index contributed by atoms with van der Waals surface area (Å²) >= 11 is 0. The van der Waals surface area contributed by atoms with E-state index in [4.69, 9.17) is 5.73 Å². The Morgan fingerprint density at radius 1 is 1.55 bits per heavy atom. The first-order chi connectivity index (χ1) is 9.40. The SMILES string of the molecule is CC1CN(C(=O)c2ccc([N+](=O)[O-])cc2F)CCC1N. The Morgan fingerprint density at radius 3 is 2.80 bits per heavy atom. The minimum absolute atomic E-state index is 0.0424. The lowest BCUT2D eigenvalue weighted by molar-refractivity contribution is -0.385. The third-order valence-corrected chi connectivity index (χ3v) is 3.65.